The predicted molar refractivity (Wildman–Crippen MR) is 90.3 cm³/mol. The quantitative estimate of drug-likeness (QED) is 0.686. The van der Waals surface area contributed by atoms with E-state index >= 15 is 0 Å². The number of halogens is 1. The highest BCUT2D eigenvalue weighted by atomic mass is 35.5. The molecule has 1 saturated carbocycles. The lowest BCUT2D eigenvalue weighted by Gasteiger charge is -2.25. The third-order valence-corrected chi connectivity index (χ3v) is 3.70. The molecule has 1 aliphatic rings. The number of benzene rings is 1. The molecule has 122 valence electrons. The third kappa shape index (κ3) is 5.20. The maximum Gasteiger partial charge on any atom is 0.318 e. The fourth-order valence-electron chi connectivity index (χ4n) is 2.58. The molecule has 3 amide bonds. The van der Waals surface area contributed by atoms with Crippen LogP contribution in [0.5, 0.6) is 0 Å². The number of hydrogen-bond donors (Lipinski definition) is 4. The fraction of sp³-hybridized carbons (Fsp3) is 0.467. The van der Waals surface area contributed by atoms with Crippen LogP contribution in [0.1, 0.15) is 25.7 Å². The minimum absolute atomic E-state index is 0. The van der Waals surface area contributed by atoms with Crippen LogP contribution in [-0.2, 0) is 4.79 Å². The third-order valence-electron chi connectivity index (χ3n) is 3.70. The first-order chi connectivity index (χ1) is 10.1. The van der Waals surface area contributed by atoms with Crippen LogP contribution >= 0.6 is 12.4 Å². The van der Waals surface area contributed by atoms with Crippen LogP contribution in [0, 0.1) is 5.92 Å². The Morgan fingerprint density at radius 1 is 1.18 bits per heavy atom. The molecule has 0 aromatic heterocycles. The first-order valence-corrected chi connectivity index (χ1v) is 7.23. The van der Waals surface area contributed by atoms with Gasteiger partial charge in [-0.05, 0) is 37.5 Å². The number of hydrogen-bond acceptors (Lipinski definition) is 3. The van der Waals surface area contributed by atoms with Crippen molar-refractivity contribution in [2.75, 3.05) is 17.7 Å². The number of carbonyl (C=O) groups excluding carboxylic acids is 2. The van der Waals surface area contributed by atoms with Crippen molar-refractivity contribution in [1.29, 1.82) is 0 Å². The summed E-state index contributed by atoms with van der Waals surface area (Å²) >= 11 is 0. The van der Waals surface area contributed by atoms with E-state index < -0.39 is 0 Å². The second kappa shape index (κ2) is 8.60. The number of rotatable bonds is 3. The Bertz CT molecular complexity index is 524. The van der Waals surface area contributed by atoms with Crippen LogP contribution in [0.15, 0.2) is 24.3 Å². The number of amides is 3. The van der Waals surface area contributed by atoms with Gasteiger partial charge in [-0.1, -0.05) is 12.5 Å². The second-order valence-electron chi connectivity index (χ2n) is 5.40. The van der Waals surface area contributed by atoms with E-state index in [2.05, 4.69) is 16.0 Å². The molecule has 7 heteroatoms. The van der Waals surface area contributed by atoms with Crippen molar-refractivity contribution >= 4 is 35.7 Å². The van der Waals surface area contributed by atoms with Crippen molar-refractivity contribution in [3.8, 4) is 0 Å². The largest absolute Gasteiger partial charge is 0.341 e. The summed E-state index contributed by atoms with van der Waals surface area (Å²) in [5.41, 5.74) is 7.22. The molecule has 0 bridgehead atoms. The summed E-state index contributed by atoms with van der Waals surface area (Å²) < 4.78 is 0. The molecule has 1 aromatic carbocycles. The Balaban J connectivity index is 0.00000242. The van der Waals surface area contributed by atoms with Crippen molar-refractivity contribution in [3.05, 3.63) is 24.3 Å². The van der Waals surface area contributed by atoms with Gasteiger partial charge in [0, 0.05) is 30.4 Å². The van der Waals surface area contributed by atoms with Gasteiger partial charge in [0.1, 0.15) is 0 Å². The zero-order valence-electron chi connectivity index (χ0n) is 12.6. The van der Waals surface area contributed by atoms with E-state index in [1.165, 1.54) is 0 Å². The Hall–Kier alpha value is -1.79. The summed E-state index contributed by atoms with van der Waals surface area (Å²) in [7, 11) is 1.55. The van der Waals surface area contributed by atoms with Crippen LogP contribution in [0.3, 0.4) is 0 Å². The molecular formula is C15H23ClN4O2. The zero-order valence-corrected chi connectivity index (χ0v) is 13.4. The first-order valence-electron chi connectivity index (χ1n) is 7.23. The van der Waals surface area contributed by atoms with E-state index in [1.807, 2.05) is 0 Å². The second-order valence-corrected chi connectivity index (χ2v) is 5.40. The highest BCUT2D eigenvalue weighted by Gasteiger charge is 2.25. The van der Waals surface area contributed by atoms with E-state index in [9.17, 15) is 9.59 Å². The molecule has 22 heavy (non-hydrogen) atoms. The molecule has 2 unspecified atom stereocenters. The molecule has 5 N–H and O–H groups in total. The van der Waals surface area contributed by atoms with Gasteiger partial charge in [0.2, 0.25) is 5.91 Å². The Kier molecular flexibility index (Phi) is 7.14. The topological polar surface area (TPSA) is 96.2 Å². The van der Waals surface area contributed by atoms with Gasteiger partial charge in [0.05, 0.1) is 0 Å². The number of urea groups is 1. The van der Waals surface area contributed by atoms with E-state index in [0.717, 1.165) is 25.7 Å². The maximum atomic E-state index is 12.2. The summed E-state index contributed by atoms with van der Waals surface area (Å²) in [5, 5.41) is 8.05. The summed E-state index contributed by atoms with van der Waals surface area (Å²) in [6, 6.07) is 6.91. The molecular weight excluding hydrogens is 304 g/mol. The van der Waals surface area contributed by atoms with Crippen molar-refractivity contribution in [1.82, 2.24) is 5.32 Å². The van der Waals surface area contributed by atoms with Crippen LogP contribution in [0.2, 0.25) is 0 Å². The number of carbonyl (C=O) groups is 2. The molecule has 2 atom stereocenters. The van der Waals surface area contributed by atoms with Crippen molar-refractivity contribution in [2.45, 2.75) is 31.7 Å². The average Bonchev–Trinajstić information content (AvgIpc) is 2.47. The molecule has 1 fully saturated rings. The van der Waals surface area contributed by atoms with Gasteiger partial charge in [0.25, 0.3) is 0 Å². The number of nitrogens with one attached hydrogen (secondary N) is 3. The monoisotopic (exact) mass is 326 g/mol. The van der Waals surface area contributed by atoms with Crippen molar-refractivity contribution in [3.63, 3.8) is 0 Å². The van der Waals surface area contributed by atoms with Crippen molar-refractivity contribution < 1.29 is 9.59 Å². The highest BCUT2D eigenvalue weighted by Crippen LogP contribution is 2.25. The maximum absolute atomic E-state index is 12.2. The fourth-order valence-corrected chi connectivity index (χ4v) is 2.58. The molecule has 2 rings (SSSR count). The van der Waals surface area contributed by atoms with Gasteiger partial charge in [-0.3, -0.25) is 4.79 Å². The first kappa shape index (κ1) is 18.3. The van der Waals surface area contributed by atoms with Gasteiger partial charge in [-0.15, -0.1) is 12.4 Å². The smallest absolute Gasteiger partial charge is 0.318 e. The minimum atomic E-state index is -0.295. The van der Waals surface area contributed by atoms with Gasteiger partial charge in [-0.2, -0.15) is 0 Å². The van der Waals surface area contributed by atoms with E-state index in [0.29, 0.717) is 11.4 Å². The molecule has 0 radical (unpaired) electrons. The molecule has 1 aromatic rings. The molecule has 0 saturated heterocycles. The predicted octanol–water partition coefficient (Wildman–Crippen LogP) is 2.32. The molecule has 1 aliphatic carbocycles. The van der Waals surface area contributed by atoms with E-state index in [4.69, 9.17) is 5.73 Å². The minimum Gasteiger partial charge on any atom is -0.341 e. The van der Waals surface area contributed by atoms with Gasteiger partial charge >= 0.3 is 6.03 Å². The van der Waals surface area contributed by atoms with Gasteiger partial charge in [-0.25, -0.2) is 4.79 Å². The Morgan fingerprint density at radius 2 is 1.86 bits per heavy atom. The zero-order chi connectivity index (χ0) is 15.2. The van der Waals surface area contributed by atoms with E-state index in [1.54, 1.807) is 31.3 Å². The molecule has 6 nitrogen and oxygen atoms in total. The summed E-state index contributed by atoms with van der Waals surface area (Å²) in [6.45, 7) is 0. The number of anilines is 2. The molecule has 0 aliphatic heterocycles. The Morgan fingerprint density at radius 3 is 2.50 bits per heavy atom. The van der Waals surface area contributed by atoms with Crippen LogP contribution in [-0.4, -0.2) is 25.0 Å². The standard InChI is InChI=1S/C15H22N4O2.ClH/c1-17-15(21)19-13-7-3-6-12(9-13)18-14(20)10-4-2-5-11(16)8-10;/h3,6-7,9-11H,2,4-5,8,16H2,1H3,(H,18,20)(H2,17,19,21);1H. The molecule has 0 spiro atoms. The number of nitrogens with two attached hydrogens (primary N) is 1. The van der Waals surface area contributed by atoms with Crippen LogP contribution < -0.4 is 21.7 Å². The SMILES string of the molecule is CNC(=O)Nc1cccc(NC(=O)C2CCCC(N)C2)c1.Cl. The normalized spacial score (nSPS) is 20.5. The van der Waals surface area contributed by atoms with Crippen LogP contribution in [0.25, 0.3) is 0 Å². The van der Waals surface area contributed by atoms with E-state index in [-0.39, 0.29) is 36.3 Å². The lowest BCUT2D eigenvalue weighted by molar-refractivity contribution is -0.120. The average molecular weight is 327 g/mol. The summed E-state index contributed by atoms with van der Waals surface area (Å²) in [4.78, 5) is 23.5. The van der Waals surface area contributed by atoms with Crippen LogP contribution in [0.4, 0.5) is 16.2 Å². The molecule has 0 heterocycles. The lowest BCUT2D eigenvalue weighted by Crippen LogP contribution is -2.34. The van der Waals surface area contributed by atoms with Crippen molar-refractivity contribution in [2.24, 2.45) is 11.7 Å². The summed E-state index contributed by atoms with van der Waals surface area (Å²) in [6.07, 6.45) is 3.62. The lowest BCUT2D eigenvalue weighted by atomic mass is 9.85. The Labute approximate surface area is 136 Å². The van der Waals surface area contributed by atoms with Gasteiger partial charge < -0.3 is 21.7 Å². The highest BCUT2D eigenvalue weighted by molar-refractivity contribution is 5.94. The summed E-state index contributed by atoms with van der Waals surface area (Å²) in [5.74, 6) is -0.0217. The van der Waals surface area contributed by atoms with Gasteiger partial charge in [0.15, 0.2) is 0 Å².